The third-order valence-electron chi connectivity index (χ3n) is 1.84. The molecule has 1 rings (SSSR count). The maximum Gasteiger partial charge on any atom is 0.0402 e. The van der Waals surface area contributed by atoms with Crippen molar-refractivity contribution in [2.24, 2.45) is 5.73 Å². The fraction of sp³-hybridized carbons (Fsp3) is 0.0833. The second-order valence-corrected chi connectivity index (χ2v) is 3.27. The number of nitrogens with two attached hydrogens (primary N) is 1. The largest absolute Gasteiger partial charge is 0.398 e. The van der Waals surface area contributed by atoms with Gasteiger partial charge >= 0.3 is 0 Å². The number of rotatable bonds is 4. The quantitative estimate of drug-likeness (QED) is 0.656. The Morgan fingerprint density at radius 3 is 2.47 bits per heavy atom. The molecule has 1 aromatic carbocycles. The first-order chi connectivity index (χ1) is 7.13. The zero-order valence-electron chi connectivity index (χ0n) is 8.75. The molecular weight excluding hydrogens is 186 g/mol. The molecule has 0 amide bonds. The van der Waals surface area contributed by atoms with Gasteiger partial charge in [0.1, 0.15) is 0 Å². The summed E-state index contributed by atoms with van der Waals surface area (Å²) in [6.45, 7) is 5.66. The minimum Gasteiger partial charge on any atom is -0.398 e. The van der Waals surface area contributed by atoms with Crippen LogP contribution in [0.5, 0.6) is 0 Å². The Morgan fingerprint density at radius 1 is 1.40 bits per heavy atom. The number of hydrogen-bond donors (Lipinski definition) is 3. The van der Waals surface area contributed by atoms with Gasteiger partial charge in [-0.3, -0.25) is 0 Å². The van der Waals surface area contributed by atoms with E-state index >= 15 is 0 Å². The lowest BCUT2D eigenvalue weighted by Crippen LogP contribution is -1.98. The number of benzene rings is 1. The van der Waals surface area contributed by atoms with E-state index in [0.29, 0.717) is 5.70 Å². The van der Waals surface area contributed by atoms with Crippen molar-refractivity contribution in [1.82, 2.24) is 0 Å². The molecule has 4 N–H and O–H groups in total. The summed E-state index contributed by atoms with van der Waals surface area (Å²) in [5.41, 5.74) is 9.10. The molecule has 0 radical (unpaired) electrons. The van der Waals surface area contributed by atoms with Gasteiger partial charge in [0.15, 0.2) is 0 Å². The van der Waals surface area contributed by atoms with Crippen LogP contribution < -0.4 is 11.1 Å². The van der Waals surface area contributed by atoms with Gasteiger partial charge < -0.3 is 16.5 Å². The molecule has 0 aliphatic rings. The van der Waals surface area contributed by atoms with E-state index in [9.17, 15) is 0 Å². The van der Waals surface area contributed by atoms with Gasteiger partial charge in [-0.15, -0.1) is 0 Å². The highest BCUT2D eigenvalue weighted by molar-refractivity contribution is 5.81. The van der Waals surface area contributed by atoms with Crippen LogP contribution in [0, 0.1) is 5.41 Å². The Kier molecular flexibility index (Phi) is 3.68. The molecule has 0 saturated heterocycles. The van der Waals surface area contributed by atoms with E-state index < -0.39 is 0 Å². The van der Waals surface area contributed by atoms with Crippen LogP contribution in [0.3, 0.4) is 0 Å². The van der Waals surface area contributed by atoms with Crippen LogP contribution in [-0.4, -0.2) is 6.21 Å². The van der Waals surface area contributed by atoms with Crippen molar-refractivity contribution in [2.45, 2.75) is 6.92 Å². The summed E-state index contributed by atoms with van der Waals surface area (Å²) in [7, 11) is 0. The lowest BCUT2D eigenvalue weighted by atomic mass is 10.1. The first-order valence-electron chi connectivity index (χ1n) is 4.62. The number of anilines is 1. The summed E-state index contributed by atoms with van der Waals surface area (Å²) in [6, 6.07) is 7.66. The maximum atomic E-state index is 6.91. The minimum absolute atomic E-state index is 0.590. The van der Waals surface area contributed by atoms with Crippen molar-refractivity contribution in [3.8, 4) is 0 Å². The zero-order chi connectivity index (χ0) is 11.3. The third kappa shape index (κ3) is 3.31. The molecule has 3 heteroatoms. The molecule has 0 unspecified atom stereocenters. The van der Waals surface area contributed by atoms with Crippen LogP contribution in [0.4, 0.5) is 5.69 Å². The van der Waals surface area contributed by atoms with E-state index in [1.54, 1.807) is 6.08 Å². The highest BCUT2D eigenvalue weighted by Gasteiger charge is 1.96. The monoisotopic (exact) mass is 201 g/mol. The third-order valence-corrected chi connectivity index (χ3v) is 1.84. The lowest BCUT2D eigenvalue weighted by Gasteiger charge is -2.06. The van der Waals surface area contributed by atoms with Crippen molar-refractivity contribution in [2.75, 3.05) is 5.32 Å². The summed E-state index contributed by atoms with van der Waals surface area (Å²) in [5.74, 6) is 0. The van der Waals surface area contributed by atoms with Crippen molar-refractivity contribution < 1.29 is 0 Å². The van der Waals surface area contributed by atoms with Crippen LogP contribution in [0.2, 0.25) is 0 Å². The summed E-state index contributed by atoms with van der Waals surface area (Å²) in [6.07, 6.45) is 2.73. The lowest BCUT2D eigenvalue weighted by molar-refractivity contribution is 1.39. The maximum absolute atomic E-state index is 6.91. The van der Waals surface area contributed by atoms with E-state index in [-0.39, 0.29) is 0 Å². The molecule has 0 fully saturated rings. The van der Waals surface area contributed by atoms with Gasteiger partial charge in [-0.2, -0.15) is 0 Å². The SMILES string of the molecule is C=C(C)Nc1ccc(C(N)=CC=N)cc1. The molecule has 0 bridgehead atoms. The van der Waals surface area contributed by atoms with Gasteiger partial charge in [-0.05, 0) is 30.7 Å². The fourth-order valence-electron chi connectivity index (χ4n) is 1.18. The normalized spacial score (nSPS) is 10.9. The molecule has 15 heavy (non-hydrogen) atoms. The summed E-state index contributed by atoms with van der Waals surface area (Å²) < 4.78 is 0. The van der Waals surface area contributed by atoms with Crippen LogP contribution in [0.25, 0.3) is 5.70 Å². The van der Waals surface area contributed by atoms with E-state index in [1.165, 1.54) is 6.21 Å². The summed E-state index contributed by atoms with van der Waals surface area (Å²) >= 11 is 0. The Balaban J connectivity index is 2.85. The number of nitrogens with one attached hydrogen (secondary N) is 2. The molecular formula is C12H15N3. The Hall–Kier alpha value is -2.03. The van der Waals surface area contributed by atoms with Gasteiger partial charge in [0.25, 0.3) is 0 Å². The second kappa shape index (κ2) is 5.00. The Bertz CT molecular complexity index is 388. The van der Waals surface area contributed by atoms with Gasteiger partial charge in [-0.25, -0.2) is 0 Å². The second-order valence-electron chi connectivity index (χ2n) is 3.27. The molecule has 78 valence electrons. The van der Waals surface area contributed by atoms with E-state index in [1.807, 2.05) is 31.2 Å². The molecule has 0 atom stereocenters. The number of allylic oxidation sites excluding steroid dienone is 2. The van der Waals surface area contributed by atoms with E-state index in [2.05, 4.69) is 11.9 Å². The predicted octanol–water partition coefficient (Wildman–Crippen LogP) is 2.58. The van der Waals surface area contributed by atoms with Gasteiger partial charge in [0, 0.05) is 23.3 Å². The van der Waals surface area contributed by atoms with Crippen LogP contribution in [0.1, 0.15) is 12.5 Å². The molecule has 0 spiro atoms. The average Bonchev–Trinajstić information content (AvgIpc) is 2.18. The fourth-order valence-corrected chi connectivity index (χ4v) is 1.18. The van der Waals surface area contributed by atoms with Gasteiger partial charge in [-0.1, -0.05) is 18.7 Å². The topological polar surface area (TPSA) is 61.9 Å². The van der Waals surface area contributed by atoms with Crippen molar-refractivity contribution in [3.05, 3.63) is 48.2 Å². The zero-order valence-corrected chi connectivity index (χ0v) is 8.75. The molecule has 0 saturated carbocycles. The molecule has 1 aromatic rings. The smallest absolute Gasteiger partial charge is 0.0402 e. The molecule has 0 aromatic heterocycles. The van der Waals surface area contributed by atoms with Gasteiger partial charge in [0.05, 0.1) is 0 Å². The van der Waals surface area contributed by atoms with Crippen LogP contribution >= 0.6 is 0 Å². The number of hydrogen-bond acceptors (Lipinski definition) is 3. The van der Waals surface area contributed by atoms with Crippen LogP contribution in [0.15, 0.2) is 42.6 Å². The van der Waals surface area contributed by atoms with Crippen molar-refractivity contribution in [3.63, 3.8) is 0 Å². The van der Waals surface area contributed by atoms with Crippen LogP contribution in [-0.2, 0) is 0 Å². The highest BCUT2D eigenvalue weighted by Crippen LogP contribution is 2.14. The first-order valence-corrected chi connectivity index (χ1v) is 4.62. The average molecular weight is 201 g/mol. The van der Waals surface area contributed by atoms with Crippen molar-refractivity contribution >= 4 is 17.6 Å². The summed E-state index contributed by atoms with van der Waals surface area (Å²) in [5, 5.41) is 10.0. The predicted molar refractivity (Wildman–Crippen MR) is 65.8 cm³/mol. The molecule has 0 aliphatic carbocycles. The molecule has 0 heterocycles. The standard InChI is InChI=1S/C12H15N3/c1-9(2)15-11-5-3-10(4-6-11)12(14)7-8-13/h3-8,13,15H,1,14H2,2H3. The molecule has 0 aliphatic heterocycles. The van der Waals surface area contributed by atoms with E-state index in [4.69, 9.17) is 11.1 Å². The van der Waals surface area contributed by atoms with Crippen molar-refractivity contribution in [1.29, 1.82) is 5.41 Å². The first kappa shape index (κ1) is 11.0. The Labute approximate surface area is 89.8 Å². The molecule has 3 nitrogen and oxygen atoms in total. The van der Waals surface area contributed by atoms with Gasteiger partial charge in [0.2, 0.25) is 0 Å². The summed E-state index contributed by atoms with van der Waals surface area (Å²) in [4.78, 5) is 0. The Morgan fingerprint density at radius 2 is 2.00 bits per heavy atom. The van der Waals surface area contributed by atoms with E-state index in [0.717, 1.165) is 16.9 Å². The minimum atomic E-state index is 0.590. The highest BCUT2D eigenvalue weighted by atomic mass is 14.9.